The molecule has 0 amide bonds. The summed E-state index contributed by atoms with van der Waals surface area (Å²) in [5, 5.41) is 0. The van der Waals surface area contributed by atoms with Crippen LogP contribution in [-0.4, -0.2) is 18.2 Å². The number of hydrogen-bond acceptors (Lipinski definition) is 3. The van der Waals surface area contributed by atoms with Gasteiger partial charge in [-0.3, -0.25) is 9.59 Å². The molecular weight excluding hydrogens is 264 g/mol. The van der Waals surface area contributed by atoms with Gasteiger partial charge in [0.2, 0.25) is 0 Å². The summed E-state index contributed by atoms with van der Waals surface area (Å²) in [6.45, 7) is 3.55. The summed E-state index contributed by atoms with van der Waals surface area (Å²) >= 11 is 0. The van der Waals surface area contributed by atoms with E-state index in [-0.39, 0.29) is 18.2 Å². The second-order valence-electron chi connectivity index (χ2n) is 5.10. The first kappa shape index (κ1) is 15.0. The second-order valence-corrected chi connectivity index (χ2v) is 5.10. The highest BCUT2D eigenvalue weighted by Gasteiger charge is 2.06. The number of hydrogen-bond donors (Lipinski definition) is 0. The molecular formula is C18H18O3. The zero-order valence-electron chi connectivity index (χ0n) is 12.3. The van der Waals surface area contributed by atoms with Crippen molar-refractivity contribution in [2.24, 2.45) is 0 Å². The van der Waals surface area contributed by atoms with Crippen LogP contribution in [0.1, 0.15) is 28.4 Å². The predicted octanol–water partition coefficient (Wildman–Crippen LogP) is 3.39. The highest BCUT2D eigenvalue weighted by molar-refractivity contribution is 5.97. The Balaban J connectivity index is 1.92. The number of Topliss-reactive ketones (excluding diaryl/α,β-unsaturated/α-hetero) is 2. The van der Waals surface area contributed by atoms with E-state index in [1.807, 2.05) is 31.2 Å². The highest BCUT2D eigenvalue weighted by atomic mass is 16.5. The Kier molecular flexibility index (Phi) is 4.88. The van der Waals surface area contributed by atoms with Crippen LogP contribution in [0.15, 0.2) is 48.5 Å². The van der Waals surface area contributed by atoms with Gasteiger partial charge in [0, 0.05) is 12.0 Å². The molecule has 2 aromatic rings. The minimum atomic E-state index is -0.0530. The van der Waals surface area contributed by atoms with Crippen molar-refractivity contribution in [3.63, 3.8) is 0 Å². The topological polar surface area (TPSA) is 43.4 Å². The first-order valence-corrected chi connectivity index (χ1v) is 6.85. The van der Waals surface area contributed by atoms with Crippen LogP contribution in [0.4, 0.5) is 0 Å². The third-order valence-corrected chi connectivity index (χ3v) is 3.12. The SMILES string of the molecule is CC(=O)Cc1ccc(OCC(=O)c2ccc(C)cc2)cc1. The zero-order valence-corrected chi connectivity index (χ0v) is 12.3. The monoisotopic (exact) mass is 282 g/mol. The molecule has 0 aliphatic carbocycles. The van der Waals surface area contributed by atoms with Gasteiger partial charge in [0.1, 0.15) is 11.5 Å². The van der Waals surface area contributed by atoms with Crippen LogP contribution in [0.5, 0.6) is 5.75 Å². The number of carbonyl (C=O) groups is 2. The molecule has 2 rings (SSSR count). The van der Waals surface area contributed by atoms with Crippen LogP contribution in [-0.2, 0) is 11.2 Å². The minimum Gasteiger partial charge on any atom is -0.485 e. The number of ketones is 2. The molecule has 0 spiro atoms. The van der Waals surface area contributed by atoms with Gasteiger partial charge in [0.25, 0.3) is 0 Å². The molecule has 0 fully saturated rings. The number of aryl methyl sites for hydroxylation is 1. The maximum Gasteiger partial charge on any atom is 0.200 e. The fraction of sp³-hybridized carbons (Fsp3) is 0.222. The van der Waals surface area contributed by atoms with E-state index in [1.165, 1.54) is 0 Å². The van der Waals surface area contributed by atoms with Crippen LogP contribution in [0.2, 0.25) is 0 Å². The van der Waals surface area contributed by atoms with Crippen LogP contribution in [0, 0.1) is 6.92 Å². The molecule has 0 bridgehead atoms. The largest absolute Gasteiger partial charge is 0.485 e. The molecule has 0 heterocycles. The molecule has 0 aliphatic heterocycles. The third-order valence-electron chi connectivity index (χ3n) is 3.12. The van der Waals surface area contributed by atoms with Crippen molar-refractivity contribution in [1.29, 1.82) is 0 Å². The van der Waals surface area contributed by atoms with Crippen molar-refractivity contribution in [1.82, 2.24) is 0 Å². The Morgan fingerprint density at radius 3 is 2.14 bits per heavy atom. The van der Waals surface area contributed by atoms with Gasteiger partial charge in [-0.05, 0) is 31.5 Å². The third kappa shape index (κ3) is 4.56. The molecule has 2 aromatic carbocycles. The lowest BCUT2D eigenvalue weighted by Gasteiger charge is -2.06. The predicted molar refractivity (Wildman–Crippen MR) is 81.8 cm³/mol. The Hall–Kier alpha value is -2.42. The minimum absolute atomic E-state index is 0.00904. The van der Waals surface area contributed by atoms with Crippen molar-refractivity contribution in [2.75, 3.05) is 6.61 Å². The molecule has 0 saturated carbocycles. The smallest absolute Gasteiger partial charge is 0.200 e. The number of benzene rings is 2. The first-order valence-electron chi connectivity index (χ1n) is 6.85. The molecule has 3 nitrogen and oxygen atoms in total. The summed E-state index contributed by atoms with van der Waals surface area (Å²) in [6.07, 6.45) is 0.419. The molecule has 0 aliphatic rings. The Bertz CT molecular complexity index is 625. The zero-order chi connectivity index (χ0) is 15.2. The summed E-state index contributed by atoms with van der Waals surface area (Å²) in [5.74, 6) is 0.698. The van der Waals surface area contributed by atoms with Crippen LogP contribution in [0.25, 0.3) is 0 Å². The maximum absolute atomic E-state index is 12.0. The molecule has 108 valence electrons. The molecule has 21 heavy (non-hydrogen) atoms. The summed E-state index contributed by atoms with van der Waals surface area (Å²) in [4.78, 5) is 23.0. The van der Waals surface area contributed by atoms with Crippen molar-refractivity contribution in [2.45, 2.75) is 20.3 Å². The average Bonchev–Trinajstić information content (AvgIpc) is 2.46. The number of rotatable bonds is 6. The molecule has 0 saturated heterocycles. The van der Waals surface area contributed by atoms with Crippen LogP contribution >= 0.6 is 0 Å². The van der Waals surface area contributed by atoms with Crippen LogP contribution in [0.3, 0.4) is 0 Å². The van der Waals surface area contributed by atoms with E-state index in [2.05, 4.69) is 0 Å². The van der Waals surface area contributed by atoms with Crippen molar-refractivity contribution >= 4 is 11.6 Å². The van der Waals surface area contributed by atoms with Gasteiger partial charge in [-0.1, -0.05) is 42.0 Å². The Morgan fingerprint density at radius 1 is 0.952 bits per heavy atom. The van der Waals surface area contributed by atoms with Gasteiger partial charge in [-0.2, -0.15) is 0 Å². The Labute approximate surface area is 124 Å². The number of carbonyl (C=O) groups excluding carboxylic acids is 2. The summed E-state index contributed by atoms with van der Waals surface area (Å²) < 4.78 is 5.48. The van der Waals surface area contributed by atoms with E-state index in [9.17, 15) is 9.59 Å². The lowest BCUT2D eigenvalue weighted by atomic mass is 10.1. The van der Waals surface area contributed by atoms with Gasteiger partial charge in [-0.25, -0.2) is 0 Å². The van der Waals surface area contributed by atoms with Crippen molar-refractivity contribution in [3.8, 4) is 5.75 Å². The van der Waals surface area contributed by atoms with Crippen LogP contribution < -0.4 is 4.74 Å². The van der Waals surface area contributed by atoms with Gasteiger partial charge in [0.15, 0.2) is 12.4 Å². The van der Waals surface area contributed by atoms with E-state index >= 15 is 0 Å². The molecule has 0 atom stereocenters. The van der Waals surface area contributed by atoms with Crippen molar-refractivity contribution in [3.05, 3.63) is 65.2 Å². The lowest BCUT2D eigenvalue weighted by Crippen LogP contribution is -2.11. The Morgan fingerprint density at radius 2 is 1.57 bits per heavy atom. The summed E-state index contributed by atoms with van der Waals surface area (Å²) in [6, 6.07) is 14.7. The van der Waals surface area contributed by atoms with E-state index in [0.29, 0.717) is 17.7 Å². The first-order chi connectivity index (χ1) is 10.0. The fourth-order valence-electron chi connectivity index (χ4n) is 1.96. The van der Waals surface area contributed by atoms with Gasteiger partial charge in [-0.15, -0.1) is 0 Å². The van der Waals surface area contributed by atoms with E-state index < -0.39 is 0 Å². The number of ether oxygens (including phenoxy) is 1. The molecule has 0 unspecified atom stereocenters. The maximum atomic E-state index is 12.0. The standard InChI is InChI=1S/C18H18O3/c1-13-3-7-16(8-4-13)18(20)12-21-17-9-5-15(6-10-17)11-14(2)19/h3-10H,11-12H2,1-2H3. The molecule has 3 heteroatoms. The van der Waals surface area contributed by atoms with Gasteiger partial charge >= 0.3 is 0 Å². The van der Waals surface area contributed by atoms with E-state index in [4.69, 9.17) is 4.74 Å². The van der Waals surface area contributed by atoms with E-state index in [0.717, 1.165) is 11.1 Å². The fourth-order valence-corrected chi connectivity index (χ4v) is 1.96. The van der Waals surface area contributed by atoms with E-state index in [1.54, 1.807) is 31.2 Å². The molecule has 0 N–H and O–H groups in total. The summed E-state index contributed by atoms with van der Waals surface area (Å²) in [5.41, 5.74) is 2.71. The highest BCUT2D eigenvalue weighted by Crippen LogP contribution is 2.13. The average molecular weight is 282 g/mol. The molecule has 0 radical (unpaired) electrons. The quantitative estimate of drug-likeness (QED) is 0.763. The summed E-state index contributed by atoms with van der Waals surface area (Å²) in [7, 11) is 0. The normalized spacial score (nSPS) is 10.2. The van der Waals surface area contributed by atoms with Gasteiger partial charge < -0.3 is 4.74 Å². The van der Waals surface area contributed by atoms with Gasteiger partial charge in [0.05, 0.1) is 0 Å². The lowest BCUT2D eigenvalue weighted by molar-refractivity contribution is -0.116. The molecule has 0 aromatic heterocycles. The second kappa shape index (κ2) is 6.84. The van der Waals surface area contributed by atoms with Crippen molar-refractivity contribution < 1.29 is 14.3 Å².